The van der Waals surface area contributed by atoms with E-state index in [4.69, 9.17) is 0 Å². The molecule has 1 amide bonds. The summed E-state index contributed by atoms with van der Waals surface area (Å²) in [6.45, 7) is 1.31. The normalized spacial score (nSPS) is 14.6. The van der Waals surface area contributed by atoms with Crippen molar-refractivity contribution >= 4 is 15.7 Å². The van der Waals surface area contributed by atoms with E-state index in [1.54, 1.807) is 18.3 Å². The van der Waals surface area contributed by atoms with Crippen LogP contribution in [-0.2, 0) is 29.3 Å². The summed E-state index contributed by atoms with van der Waals surface area (Å²) in [5.74, 6) is -2.65. The molecular weight excluding hydrogens is 484 g/mol. The monoisotopic (exact) mass is 506 g/mol. The van der Waals surface area contributed by atoms with E-state index in [0.29, 0.717) is 5.69 Å². The Morgan fingerprint density at radius 2 is 1.74 bits per heavy atom. The molecule has 5 nitrogen and oxygen atoms in total. The van der Waals surface area contributed by atoms with Gasteiger partial charge in [0.1, 0.15) is 5.82 Å². The lowest BCUT2D eigenvalue weighted by Crippen LogP contribution is -2.28. The van der Waals surface area contributed by atoms with Crippen LogP contribution >= 0.6 is 0 Å². The number of carbonyl (C=O) groups excluding carboxylic acids is 1. The fourth-order valence-electron chi connectivity index (χ4n) is 3.98. The number of nitrogens with zero attached hydrogens (tertiary/aromatic N) is 2. The highest BCUT2D eigenvalue weighted by atomic mass is 32.2. The molecule has 0 fully saturated rings. The van der Waals surface area contributed by atoms with Crippen LogP contribution in [0.1, 0.15) is 34.1 Å². The second kappa shape index (κ2) is 9.07. The molecule has 1 atom stereocenters. The van der Waals surface area contributed by atoms with E-state index in [0.717, 1.165) is 35.9 Å². The third kappa shape index (κ3) is 5.37. The molecule has 3 aromatic rings. The van der Waals surface area contributed by atoms with Crippen LogP contribution in [0.25, 0.3) is 11.1 Å². The van der Waals surface area contributed by atoms with Crippen LogP contribution in [0.15, 0.2) is 59.6 Å². The summed E-state index contributed by atoms with van der Waals surface area (Å²) in [4.78, 5) is 19.1. The molecule has 1 aliphatic rings. The minimum Gasteiger partial charge on any atom is -0.328 e. The third-order valence-electron chi connectivity index (χ3n) is 6.05. The Morgan fingerprint density at radius 3 is 2.37 bits per heavy atom. The fourth-order valence-corrected chi connectivity index (χ4v) is 4.63. The molecule has 10 heteroatoms. The maximum atomic E-state index is 13.4. The summed E-state index contributed by atoms with van der Waals surface area (Å²) >= 11 is 0. The van der Waals surface area contributed by atoms with Crippen molar-refractivity contribution in [1.29, 1.82) is 0 Å². The molecule has 0 radical (unpaired) electrons. The van der Waals surface area contributed by atoms with Crippen molar-refractivity contribution in [3.63, 3.8) is 0 Å². The van der Waals surface area contributed by atoms with E-state index < -0.39 is 34.3 Å². The zero-order valence-electron chi connectivity index (χ0n) is 18.9. The maximum Gasteiger partial charge on any atom is 0.391 e. The Kier molecular flexibility index (Phi) is 6.44. The highest BCUT2D eigenvalue weighted by Gasteiger charge is 2.37. The average Bonchev–Trinajstić information content (AvgIpc) is 3.21. The van der Waals surface area contributed by atoms with Gasteiger partial charge < -0.3 is 4.90 Å². The molecule has 2 aromatic carbocycles. The highest BCUT2D eigenvalue weighted by molar-refractivity contribution is 7.90. The van der Waals surface area contributed by atoms with Crippen LogP contribution in [0, 0.1) is 11.7 Å². The van der Waals surface area contributed by atoms with Gasteiger partial charge in [-0.1, -0.05) is 25.1 Å². The zero-order chi connectivity index (χ0) is 25.5. The predicted molar refractivity (Wildman–Crippen MR) is 122 cm³/mol. The summed E-state index contributed by atoms with van der Waals surface area (Å²) in [5, 5.41) is 0. The Balaban J connectivity index is 1.65. The van der Waals surface area contributed by atoms with Crippen LogP contribution in [0.3, 0.4) is 0 Å². The topological polar surface area (TPSA) is 67.3 Å². The van der Waals surface area contributed by atoms with E-state index in [1.807, 2.05) is 6.07 Å². The Bertz CT molecular complexity index is 1390. The van der Waals surface area contributed by atoms with Gasteiger partial charge in [-0.2, -0.15) is 13.2 Å². The number of benzene rings is 2. The van der Waals surface area contributed by atoms with Crippen molar-refractivity contribution in [2.24, 2.45) is 5.92 Å². The van der Waals surface area contributed by atoms with E-state index >= 15 is 0 Å². The first-order valence-electron chi connectivity index (χ1n) is 10.8. The van der Waals surface area contributed by atoms with Crippen LogP contribution in [0.4, 0.5) is 17.6 Å². The number of pyridine rings is 1. The number of halogens is 4. The predicted octanol–water partition coefficient (Wildman–Crippen LogP) is 5.19. The summed E-state index contributed by atoms with van der Waals surface area (Å²) < 4.78 is 76.9. The number of aromatic nitrogens is 1. The minimum atomic E-state index is -4.46. The maximum absolute atomic E-state index is 13.4. The first-order valence-corrected chi connectivity index (χ1v) is 12.6. The van der Waals surface area contributed by atoms with Gasteiger partial charge in [-0.15, -0.1) is 0 Å². The van der Waals surface area contributed by atoms with Crippen molar-refractivity contribution in [3.8, 4) is 11.1 Å². The molecule has 35 heavy (non-hydrogen) atoms. The van der Waals surface area contributed by atoms with E-state index in [-0.39, 0.29) is 34.9 Å². The van der Waals surface area contributed by atoms with Gasteiger partial charge in [-0.05, 0) is 53.4 Å². The number of amides is 1. The largest absolute Gasteiger partial charge is 0.391 e. The molecule has 2 heterocycles. The lowest BCUT2D eigenvalue weighted by atomic mass is 9.95. The first-order chi connectivity index (χ1) is 16.3. The van der Waals surface area contributed by atoms with E-state index in [1.165, 1.54) is 29.2 Å². The molecule has 0 bridgehead atoms. The van der Waals surface area contributed by atoms with Gasteiger partial charge >= 0.3 is 6.18 Å². The van der Waals surface area contributed by atoms with Gasteiger partial charge in [-0.25, -0.2) is 12.8 Å². The number of carbonyl (C=O) groups is 1. The number of fused-ring (bicyclic) bond motifs is 1. The molecule has 0 unspecified atom stereocenters. The van der Waals surface area contributed by atoms with E-state index in [9.17, 15) is 30.8 Å². The average molecular weight is 507 g/mol. The van der Waals surface area contributed by atoms with Gasteiger partial charge in [0.2, 0.25) is 0 Å². The second-order valence-corrected chi connectivity index (χ2v) is 10.8. The van der Waals surface area contributed by atoms with Crippen molar-refractivity contribution in [1.82, 2.24) is 9.88 Å². The number of rotatable bonds is 5. The molecule has 0 spiro atoms. The fraction of sp³-hybridized carbons (Fsp3) is 0.280. The molecule has 0 aliphatic carbocycles. The van der Waals surface area contributed by atoms with Crippen molar-refractivity contribution in [3.05, 3.63) is 82.9 Å². The third-order valence-corrected chi connectivity index (χ3v) is 7.16. The second-order valence-electron chi connectivity index (χ2n) is 8.74. The molecule has 0 saturated carbocycles. The lowest BCUT2D eigenvalue weighted by Gasteiger charge is -2.21. The zero-order valence-corrected chi connectivity index (χ0v) is 19.8. The minimum absolute atomic E-state index is 0.0735. The number of hydrogen-bond donors (Lipinski definition) is 0. The number of alkyl halides is 3. The van der Waals surface area contributed by atoms with Crippen molar-refractivity contribution in [2.45, 2.75) is 37.5 Å². The molecule has 1 aliphatic heterocycles. The molecule has 0 N–H and O–H groups in total. The summed E-state index contributed by atoms with van der Waals surface area (Å²) in [6.07, 6.45) is -2.33. The summed E-state index contributed by atoms with van der Waals surface area (Å²) in [7, 11) is -3.68. The van der Waals surface area contributed by atoms with Gasteiger partial charge in [0.05, 0.1) is 23.1 Å². The van der Waals surface area contributed by atoms with Crippen LogP contribution in [-0.4, -0.2) is 36.6 Å². The summed E-state index contributed by atoms with van der Waals surface area (Å²) in [5.41, 5.74) is 2.92. The molecule has 4 rings (SSSR count). The number of hydrogen-bond acceptors (Lipinski definition) is 4. The standard InChI is InChI=1S/C25H22F4N2O3S/c1-15(25(27,28)29)9-17-5-8-21(35(2,33)34)11-22(17)24(32)31-13-19-10-18(12-30-23(19)14-31)16-3-6-20(26)7-4-16/h3-8,10-12,15H,9,13-14H2,1-2H3/t15-/m1/s1. The van der Waals surface area contributed by atoms with Crippen LogP contribution in [0.2, 0.25) is 0 Å². The Hall–Kier alpha value is -3.27. The van der Waals surface area contributed by atoms with Gasteiger partial charge in [0.25, 0.3) is 5.91 Å². The molecule has 0 saturated heterocycles. The molecule has 184 valence electrons. The Labute approximate surface area is 200 Å². The van der Waals surface area contributed by atoms with Crippen molar-refractivity contribution < 1.29 is 30.8 Å². The van der Waals surface area contributed by atoms with Gasteiger partial charge in [0.15, 0.2) is 9.84 Å². The van der Waals surface area contributed by atoms with Gasteiger partial charge in [0, 0.05) is 30.1 Å². The lowest BCUT2D eigenvalue weighted by molar-refractivity contribution is -0.169. The van der Waals surface area contributed by atoms with Crippen molar-refractivity contribution in [2.75, 3.05) is 6.26 Å². The number of sulfone groups is 1. The smallest absolute Gasteiger partial charge is 0.328 e. The summed E-state index contributed by atoms with van der Waals surface area (Å²) in [6, 6.07) is 11.4. The van der Waals surface area contributed by atoms with Crippen LogP contribution < -0.4 is 0 Å². The van der Waals surface area contributed by atoms with E-state index in [2.05, 4.69) is 4.98 Å². The van der Waals surface area contributed by atoms with Gasteiger partial charge in [-0.3, -0.25) is 9.78 Å². The Morgan fingerprint density at radius 1 is 1.06 bits per heavy atom. The molecule has 1 aromatic heterocycles. The highest BCUT2D eigenvalue weighted by Crippen LogP contribution is 2.32. The quantitative estimate of drug-likeness (QED) is 0.447. The molecular formula is C25H22F4N2O3S. The van der Waals surface area contributed by atoms with Crippen LogP contribution in [0.5, 0.6) is 0 Å². The SMILES string of the molecule is C[C@H](Cc1ccc(S(C)(=O)=O)cc1C(=O)N1Cc2cc(-c3ccc(F)cc3)cnc2C1)C(F)(F)F. The first kappa shape index (κ1) is 24.8.